The maximum absolute atomic E-state index is 12.2. The minimum Gasteiger partial charge on any atom is -0.507 e. The molecular weight excluding hydrogens is 312 g/mol. The van der Waals surface area contributed by atoms with Crippen molar-refractivity contribution in [2.24, 2.45) is 0 Å². The van der Waals surface area contributed by atoms with Gasteiger partial charge in [0, 0.05) is 5.02 Å². The number of cyclic esters (lactones) is 1. The highest BCUT2D eigenvalue weighted by Gasteiger charge is 2.41. The number of ether oxygens (including phenoxy) is 1. The quantitative estimate of drug-likeness (QED) is 0.796. The van der Waals surface area contributed by atoms with Crippen LogP contribution in [-0.4, -0.2) is 16.7 Å². The van der Waals surface area contributed by atoms with E-state index in [2.05, 4.69) is 0 Å². The van der Waals surface area contributed by atoms with Crippen molar-refractivity contribution in [1.82, 2.24) is 0 Å². The van der Waals surface area contributed by atoms with Crippen molar-refractivity contribution in [2.75, 3.05) is 0 Å². The Balaban J connectivity index is 2.14. The van der Waals surface area contributed by atoms with E-state index < -0.39 is 11.6 Å². The molecule has 23 heavy (non-hydrogen) atoms. The average Bonchev–Trinajstić information content (AvgIpc) is 2.69. The van der Waals surface area contributed by atoms with Crippen LogP contribution in [0.2, 0.25) is 5.02 Å². The van der Waals surface area contributed by atoms with E-state index in [4.69, 9.17) is 16.3 Å². The van der Waals surface area contributed by atoms with Crippen LogP contribution >= 0.6 is 11.6 Å². The van der Waals surface area contributed by atoms with Crippen molar-refractivity contribution >= 4 is 23.1 Å². The van der Waals surface area contributed by atoms with Crippen molar-refractivity contribution in [3.8, 4) is 11.1 Å². The first-order chi connectivity index (χ1) is 10.8. The van der Waals surface area contributed by atoms with Crippen molar-refractivity contribution in [2.45, 2.75) is 26.4 Å². The molecule has 0 amide bonds. The van der Waals surface area contributed by atoms with E-state index in [1.54, 1.807) is 13.8 Å². The lowest BCUT2D eigenvalue weighted by molar-refractivity contribution is -0.143. The highest BCUT2D eigenvalue weighted by atomic mass is 35.5. The molecule has 0 unspecified atom stereocenters. The molecule has 1 heterocycles. The van der Waals surface area contributed by atoms with E-state index in [0.29, 0.717) is 10.6 Å². The Bertz CT molecular complexity index is 817. The molecule has 2 aromatic rings. The van der Waals surface area contributed by atoms with Crippen LogP contribution < -0.4 is 0 Å². The van der Waals surface area contributed by atoms with Crippen LogP contribution in [0.25, 0.3) is 16.7 Å². The number of rotatable bonds is 2. The van der Waals surface area contributed by atoms with E-state index in [0.717, 1.165) is 16.7 Å². The minimum atomic E-state index is -0.991. The predicted molar refractivity (Wildman–Crippen MR) is 91.3 cm³/mol. The smallest absolute Gasteiger partial charge is 0.343 e. The summed E-state index contributed by atoms with van der Waals surface area (Å²) in [6.07, 6.45) is 0. The molecule has 0 radical (unpaired) electrons. The number of aliphatic hydroxyl groups is 1. The molecule has 0 aromatic heterocycles. The lowest BCUT2D eigenvalue weighted by Crippen LogP contribution is -2.22. The second-order valence-electron chi connectivity index (χ2n) is 6.16. The van der Waals surface area contributed by atoms with E-state index in [-0.39, 0.29) is 11.3 Å². The van der Waals surface area contributed by atoms with Gasteiger partial charge in [-0.3, -0.25) is 0 Å². The van der Waals surface area contributed by atoms with Gasteiger partial charge in [0.25, 0.3) is 0 Å². The zero-order chi connectivity index (χ0) is 16.8. The van der Waals surface area contributed by atoms with Gasteiger partial charge in [0.2, 0.25) is 0 Å². The number of benzene rings is 2. The largest absolute Gasteiger partial charge is 0.507 e. The fourth-order valence-corrected chi connectivity index (χ4v) is 2.81. The monoisotopic (exact) mass is 328 g/mol. The molecule has 0 fully saturated rings. The molecule has 1 aliphatic rings. The third-order valence-corrected chi connectivity index (χ3v) is 4.30. The molecule has 0 spiro atoms. The first-order valence-corrected chi connectivity index (χ1v) is 7.71. The Labute approximate surface area is 140 Å². The molecule has 0 atom stereocenters. The van der Waals surface area contributed by atoms with Gasteiger partial charge >= 0.3 is 5.97 Å². The maximum Gasteiger partial charge on any atom is 0.343 e. The minimum absolute atomic E-state index is 0.0288. The first-order valence-electron chi connectivity index (χ1n) is 7.33. The molecular formula is C19H17ClO3. The summed E-state index contributed by atoms with van der Waals surface area (Å²) in [4.78, 5) is 12.2. The Morgan fingerprint density at radius 3 is 2.22 bits per heavy atom. The first kappa shape index (κ1) is 15.6. The van der Waals surface area contributed by atoms with Gasteiger partial charge < -0.3 is 9.84 Å². The molecule has 1 aliphatic heterocycles. The molecule has 118 valence electrons. The van der Waals surface area contributed by atoms with Gasteiger partial charge in [0.05, 0.1) is 0 Å². The SMILES string of the molecule is Cc1ccc(-c2ccc(Cl)cc2)cc1C1=C(O)C(C)(C)OC1=O. The number of aliphatic hydroxyl groups excluding tert-OH is 1. The summed E-state index contributed by atoms with van der Waals surface area (Å²) >= 11 is 5.93. The summed E-state index contributed by atoms with van der Waals surface area (Å²) < 4.78 is 5.26. The van der Waals surface area contributed by atoms with Crippen LogP contribution in [0.3, 0.4) is 0 Å². The van der Waals surface area contributed by atoms with Gasteiger partial charge in [-0.25, -0.2) is 4.79 Å². The number of aryl methyl sites for hydroxylation is 1. The van der Waals surface area contributed by atoms with E-state index in [1.807, 2.05) is 49.4 Å². The summed E-state index contributed by atoms with van der Waals surface area (Å²) in [6.45, 7) is 5.25. The zero-order valence-corrected chi connectivity index (χ0v) is 13.9. The standard InChI is InChI=1S/C19H17ClO3/c1-11-4-5-13(12-6-8-14(20)9-7-12)10-15(11)16-17(21)19(2,3)23-18(16)22/h4-10,21H,1-3H3. The summed E-state index contributed by atoms with van der Waals surface area (Å²) in [7, 11) is 0. The van der Waals surface area contributed by atoms with Gasteiger partial charge in [0.1, 0.15) is 5.57 Å². The molecule has 4 heteroatoms. The van der Waals surface area contributed by atoms with Crippen molar-refractivity contribution in [1.29, 1.82) is 0 Å². The second-order valence-corrected chi connectivity index (χ2v) is 6.60. The molecule has 0 saturated heterocycles. The van der Waals surface area contributed by atoms with Gasteiger partial charge in [-0.05, 0) is 61.2 Å². The van der Waals surface area contributed by atoms with Crippen molar-refractivity contribution in [3.63, 3.8) is 0 Å². The number of hydrogen-bond acceptors (Lipinski definition) is 3. The van der Waals surface area contributed by atoms with Gasteiger partial charge in [-0.2, -0.15) is 0 Å². The topological polar surface area (TPSA) is 46.5 Å². The normalized spacial score (nSPS) is 16.6. The third-order valence-electron chi connectivity index (χ3n) is 4.04. The van der Waals surface area contributed by atoms with Crippen LogP contribution in [0.5, 0.6) is 0 Å². The van der Waals surface area contributed by atoms with Crippen molar-refractivity contribution in [3.05, 3.63) is 64.4 Å². The van der Waals surface area contributed by atoms with E-state index in [1.165, 1.54) is 0 Å². The Morgan fingerprint density at radius 1 is 1.04 bits per heavy atom. The highest BCUT2D eigenvalue weighted by molar-refractivity contribution is 6.30. The van der Waals surface area contributed by atoms with E-state index >= 15 is 0 Å². The Hall–Kier alpha value is -2.26. The average molecular weight is 329 g/mol. The number of halogens is 1. The van der Waals surface area contributed by atoms with Crippen LogP contribution in [-0.2, 0) is 9.53 Å². The fourth-order valence-electron chi connectivity index (χ4n) is 2.68. The Kier molecular flexibility index (Phi) is 3.69. The van der Waals surface area contributed by atoms with Crippen LogP contribution in [0.4, 0.5) is 0 Å². The fraction of sp³-hybridized carbons (Fsp3) is 0.211. The lowest BCUT2D eigenvalue weighted by atomic mass is 9.93. The molecule has 3 nitrogen and oxygen atoms in total. The van der Waals surface area contributed by atoms with E-state index in [9.17, 15) is 9.90 Å². The summed E-state index contributed by atoms with van der Waals surface area (Å²) in [5.74, 6) is -0.525. The Morgan fingerprint density at radius 2 is 1.65 bits per heavy atom. The molecule has 2 aromatic carbocycles. The third kappa shape index (κ3) is 2.73. The predicted octanol–water partition coefficient (Wildman–Crippen LogP) is 4.92. The van der Waals surface area contributed by atoms with Gasteiger partial charge in [0.15, 0.2) is 11.4 Å². The zero-order valence-electron chi connectivity index (χ0n) is 13.2. The van der Waals surface area contributed by atoms with Crippen LogP contribution in [0.15, 0.2) is 48.2 Å². The summed E-state index contributed by atoms with van der Waals surface area (Å²) in [5.41, 5.74) is 2.77. The highest BCUT2D eigenvalue weighted by Crippen LogP contribution is 2.38. The van der Waals surface area contributed by atoms with Crippen LogP contribution in [0.1, 0.15) is 25.0 Å². The second kappa shape index (κ2) is 5.43. The lowest BCUT2D eigenvalue weighted by Gasteiger charge is -2.16. The molecule has 1 N–H and O–H groups in total. The van der Waals surface area contributed by atoms with Gasteiger partial charge in [-0.1, -0.05) is 35.9 Å². The number of carbonyl (C=O) groups is 1. The molecule has 0 saturated carbocycles. The summed E-state index contributed by atoms with van der Waals surface area (Å²) in [6, 6.07) is 13.3. The summed E-state index contributed by atoms with van der Waals surface area (Å²) in [5, 5.41) is 11.0. The number of carbonyl (C=O) groups excluding carboxylic acids is 1. The van der Waals surface area contributed by atoms with Crippen molar-refractivity contribution < 1.29 is 14.6 Å². The molecule has 3 rings (SSSR count). The van der Waals surface area contributed by atoms with Crippen LogP contribution in [0, 0.1) is 6.92 Å². The number of hydrogen-bond donors (Lipinski definition) is 1. The number of esters is 1. The molecule has 0 bridgehead atoms. The molecule has 0 aliphatic carbocycles. The van der Waals surface area contributed by atoms with Gasteiger partial charge in [-0.15, -0.1) is 0 Å². The maximum atomic E-state index is 12.2.